The van der Waals surface area contributed by atoms with E-state index < -0.39 is 5.60 Å². The molecule has 0 spiro atoms. The van der Waals surface area contributed by atoms with Crippen LogP contribution in [0.25, 0.3) is 0 Å². The first-order valence-electron chi connectivity index (χ1n) is 9.82. The normalized spacial score (nSPS) is 19.5. The fourth-order valence-corrected chi connectivity index (χ4v) is 3.63. The number of hydrogen-bond donors (Lipinski definition) is 1. The molecule has 0 radical (unpaired) electrons. The second kappa shape index (κ2) is 8.87. The lowest BCUT2D eigenvalue weighted by Crippen LogP contribution is -2.52. The summed E-state index contributed by atoms with van der Waals surface area (Å²) in [6.45, 7) is 6.60. The van der Waals surface area contributed by atoms with Crippen molar-refractivity contribution in [2.45, 2.75) is 44.8 Å². The Labute approximate surface area is 177 Å². The fourth-order valence-electron chi connectivity index (χ4n) is 3.51. The molecule has 5 nitrogen and oxygen atoms in total. The zero-order valence-corrected chi connectivity index (χ0v) is 17.8. The van der Waals surface area contributed by atoms with Crippen LogP contribution in [0.3, 0.4) is 0 Å². The number of ether oxygens (including phenoxy) is 1. The zero-order valence-electron chi connectivity index (χ0n) is 17.0. The van der Waals surface area contributed by atoms with Crippen LogP contribution in [-0.4, -0.2) is 41.6 Å². The molecule has 0 saturated carbocycles. The Bertz CT molecular complexity index is 847. The lowest BCUT2D eigenvalue weighted by atomic mass is 9.86. The molecule has 1 aliphatic rings. The molecule has 1 aliphatic heterocycles. The minimum atomic E-state index is -0.543. The van der Waals surface area contributed by atoms with E-state index >= 15 is 0 Å². The van der Waals surface area contributed by atoms with Gasteiger partial charge in [0.15, 0.2) is 0 Å². The van der Waals surface area contributed by atoms with E-state index in [1.807, 2.05) is 51.1 Å². The van der Waals surface area contributed by atoms with E-state index in [1.54, 1.807) is 29.2 Å². The first-order chi connectivity index (χ1) is 13.7. The molecule has 1 saturated heterocycles. The Balaban J connectivity index is 1.77. The number of amides is 2. The SMILES string of the molecule is CC(C)(C)OC(=O)N1CC[C@@H](NC(=O)c2ccc(Cl)cc2)[C@H](c2ccccc2)C1. The highest BCUT2D eigenvalue weighted by molar-refractivity contribution is 6.30. The molecular formula is C23H27ClN2O3. The highest BCUT2D eigenvalue weighted by Crippen LogP contribution is 2.29. The minimum Gasteiger partial charge on any atom is -0.444 e. The number of nitrogens with one attached hydrogen (secondary N) is 1. The van der Waals surface area contributed by atoms with Crippen LogP contribution in [0.1, 0.15) is 49.0 Å². The monoisotopic (exact) mass is 414 g/mol. The maximum atomic E-state index is 12.7. The van der Waals surface area contributed by atoms with Crippen molar-refractivity contribution in [3.05, 3.63) is 70.7 Å². The molecule has 2 amide bonds. The van der Waals surface area contributed by atoms with Crippen molar-refractivity contribution in [3.63, 3.8) is 0 Å². The third-order valence-corrected chi connectivity index (χ3v) is 5.17. The van der Waals surface area contributed by atoms with Gasteiger partial charge in [-0.2, -0.15) is 0 Å². The van der Waals surface area contributed by atoms with Gasteiger partial charge in [-0.3, -0.25) is 4.79 Å². The molecule has 0 unspecified atom stereocenters. The molecule has 2 atom stereocenters. The van der Waals surface area contributed by atoms with Gasteiger partial charge in [-0.1, -0.05) is 41.9 Å². The molecule has 2 aromatic rings. The van der Waals surface area contributed by atoms with Crippen molar-refractivity contribution >= 4 is 23.6 Å². The average Bonchev–Trinajstić information content (AvgIpc) is 2.68. The Kier molecular flexibility index (Phi) is 6.48. The zero-order chi connectivity index (χ0) is 21.0. The van der Waals surface area contributed by atoms with Gasteiger partial charge in [-0.05, 0) is 57.0 Å². The molecule has 0 bridgehead atoms. The number of piperidine rings is 1. The van der Waals surface area contributed by atoms with Crippen LogP contribution in [0.2, 0.25) is 5.02 Å². The average molecular weight is 415 g/mol. The van der Waals surface area contributed by atoms with Gasteiger partial charge in [0.05, 0.1) is 0 Å². The van der Waals surface area contributed by atoms with E-state index in [-0.39, 0.29) is 24.0 Å². The third-order valence-electron chi connectivity index (χ3n) is 4.92. The molecule has 0 aliphatic carbocycles. The summed E-state index contributed by atoms with van der Waals surface area (Å²) in [6.07, 6.45) is 0.332. The van der Waals surface area contributed by atoms with Crippen LogP contribution < -0.4 is 5.32 Å². The van der Waals surface area contributed by atoms with E-state index in [2.05, 4.69) is 5.32 Å². The second-order valence-electron chi connectivity index (χ2n) is 8.32. The van der Waals surface area contributed by atoms with Crippen molar-refractivity contribution in [2.24, 2.45) is 0 Å². The van der Waals surface area contributed by atoms with Gasteiger partial charge < -0.3 is 15.0 Å². The number of carbonyl (C=O) groups is 2. The van der Waals surface area contributed by atoms with Crippen LogP contribution in [0.5, 0.6) is 0 Å². The molecule has 154 valence electrons. The molecule has 0 aromatic heterocycles. The number of carbonyl (C=O) groups excluding carboxylic acids is 2. The lowest BCUT2D eigenvalue weighted by Gasteiger charge is -2.39. The molecule has 29 heavy (non-hydrogen) atoms. The molecule has 1 N–H and O–H groups in total. The van der Waals surface area contributed by atoms with Gasteiger partial charge in [-0.15, -0.1) is 0 Å². The number of nitrogens with zero attached hydrogens (tertiary/aromatic N) is 1. The van der Waals surface area contributed by atoms with Gasteiger partial charge >= 0.3 is 6.09 Å². The van der Waals surface area contributed by atoms with Crippen LogP contribution in [0.4, 0.5) is 4.79 Å². The number of rotatable bonds is 3. The van der Waals surface area contributed by atoms with Gasteiger partial charge in [0.2, 0.25) is 0 Å². The van der Waals surface area contributed by atoms with E-state index in [1.165, 1.54) is 0 Å². The van der Waals surface area contributed by atoms with E-state index in [4.69, 9.17) is 16.3 Å². The molecule has 6 heteroatoms. The maximum Gasteiger partial charge on any atom is 0.410 e. The largest absolute Gasteiger partial charge is 0.444 e. The lowest BCUT2D eigenvalue weighted by molar-refractivity contribution is 0.0177. The van der Waals surface area contributed by atoms with Crippen molar-refractivity contribution in [1.82, 2.24) is 10.2 Å². The highest BCUT2D eigenvalue weighted by Gasteiger charge is 2.35. The maximum absolute atomic E-state index is 12.7. The van der Waals surface area contributed by atoms with Gasteiger partial charge in [0.25, 0.3) is 5.91 Å². The van der Waals surface area contributed by atoms with Gasteiger partial charge in [0, 0.05) is 35.6 Å². The summed E-state index contributed by atoms with van der Waals surface area (Å²) in [7, 11) is 0. The standard InChI is InChI=1S/C23H27ClN2O3/c1-23(2,3)29-22(28)26-14-13-20(19(15-26)16-7-5-4-6-8-16)25-21(27)17-9-11-18(24)12-10-17/h4-12,19-20H,13-15H2,1-3H3,(H,25,27)/t19-,20+/m0/s1. The van der Waals surface area contributed by atoms with Crippen molar-refractivity contribution in [2.75, 3.05) is 13.1 Å². The molecule has 2 aromatic carbocycles. The quantitative estimate of drug-likeness (QED) is 0.779. The predicted molar refractivity (Wildman–Crippen MR) is 114 cm³/mol. The Morgan fingerprint density at radius 2 is 1.72 bits per heavy atom. The number of likely N-dealkylation sites (tertiary alicyclic amines) is 1. The number of halogens is 1. The summed E-state index contributed by atoms with van der Waals surface area (Å²) in [5, 5.41) is 3.74. The minimum absolute atomic E-state index is 0.0197. The van der Waals surface area contributed by atoms with Crippen LogP contribution in [-0.2, 0) is 4.74 Å². The Morgan fingerprint density at radius 1 is 1.07 bits per heavy atom. The van der Waals surface area contributed by atoms with Gasteiger partial charge in [0.1, 0.15) is 5.60 Å². The van der Waals surface area contributed by atoms with Crippen LogP contribution in [0, 0.1) is 0 Å². The van der Waals surface area contributed by atoms with Crippen molar-refractivity contribution in [3.8, 4) is 0 Å². The van der Waals surface area contributed by atoms with Crippen LogP contribution >= 0.6 is 11.6 Å². The smallest absolute Gasteiger partial charge is 0.410 e. The number of hydrogen-bond acceptors (Lipinski definition) is 3. The molecular weight excluding hydrogens is 388 g/mol. The van der Waals surface area contributed by atoms with Crippen LogP contribution in [0.15, 0.2) is 54.6 Å². The summed E-state index contributed by atoms with van der Waals surface area (Å²) in [5.74, 6) is -0.160. The summed E-state index contributed by atoms with van der Waals surface area (Å²) in [4.78, 5) is 27.1. The van der Waals surface area contributed by atoms with Crippen molar-refractivity contribution in [1.29, 1.82) is 0 Å². The highest BCUT2D eigenvalue weighted by atomic mass is 35.5. The predicted octanol–water partition coefficient (Wildman–Crippen LogP) is 4.86. The van der Waals surface area contributed by atoms with E-state index in [9.17, 15) is 9.59 Å². The topological polar surface area (TPSA) is 58.6 Å². The summed E-state index contributed by atoms with van der Waals surface area (Å²) >= 11 is 5.92. The van der Waals surface area contributed by atoms with Crippen molar-refractivity contribution < 1.29 is 14.3 Å². The summed E-state index contributed by atoms with van der Waals surface area (Å²) in [5.41, 5.74) is 1.11. The third kappa shape index (κ3) is 5.73. The molecule has 3 rings (SSSR count). The van der Waals surface area contributed by atoms with Gasteiger partial charge in [-0.25, -0.2) is 4.79 Å². The first-order valence-corrected chi connectivity index (χ1v) is 10.2. The molecule has 1 heterocycles. The first kappa shape index (κ1) is 21.2. The van der Waals surface area contributed by atoms with E-state index in [0.29, 0.717) is 30.1 Å². The number of benzene rings is 2. The van der Waals surface area contributed by atoms with E-state index in [0.717, 1.165) is 5.56 Å². The summed E-state index contributed by atoms with van der Waals surface area (Å²) < 4.78 is 5.55. The Morgan fingerprint density at radius 3 is 2.34 bits per heavy atom. The summed E-state index contributed by atoms with van der Waals surface area (Å²) in [6, 6.07) is 16.7. The fraction of sp³-hybridized carbons (Fsp3) is 0.391. The Hall–Kier alpha value is -2.53. The second-order valence-corrected chi connectivity index (χ2v) is 8.76. The molecule has 1 fully saturated rings.